The summed E-state index contributed by atoms with van der Waals surface area (Å²) in [6.07, 6.45) is 2.53. The summed E-state index contributed by atoms with van der Waals surface area (Å²) >= 11 is 0. The minimum Gasteiger partial charge on any atom is -0.382 e. The monoisotopic (exact) mass is 189 g/mol. The Morgan fingerprint density at radius 1 is 1.31 bits per heavy atom. The molecule has 0 heterocycles. The maximum atomic E-state index is 5.35. The third kappa shape index (κ3) is 6.99. The molecule has 0 aliphatic heterocycles. The molecule has 0 saturated heterocycles. The quantitative estimate of drug-likeness (QED) is 0.626. The fourth-order valence-corrected chi connectivity index (χ4v) is 1.12. The largest absolute Gasteiger partial charge is 0.382 e. The van der Waals surface area contributed by atoms with Crippen molar-refractivity contribution in [3.63, 3.8) is 0 Å². The summed E-state index contributed by atoms with van der Waals surface area (Å²) in [7, 11) is 3.72. The highest BCUT2D eigenvalue weighted by Crippen LogP contribution is 2.04. The van der Waals surface area contributed by atoms with Crippen LogP contribution in [0.15, 0.2) is 0 Å². The van der Waals surface area contributed by atoms with Crippen molar-refractivity contribution in [1.82, 2.24) is 5.32 Å². The molecule has 0 fully saturated rings. The van der Waals surface area contributed by atoms with Crippen LogP contribution in [0.25, 0.3) is 0 Å². The van der Waals surface area contributed by atoms with Gasteiger partial charge in [-0.25, -0.2) is 0 Å². The molecule has 0 rings (SSSR count). The number of likely N-dealkylation sites (N-methyl/N-ethyl adjacent to an activating group) is 1. The van der Waals surface area contributed by atoms with Crippen LogP contribution in [-0.2, 0) is 9.47 Å². The molecule has 13 heavy (non-hydrogen) atoms. The molecule has 0 aliphatic carbocycles. The number of hydrogen-bond donors (Lipinski definition) is 1. The van der Waals surface area contributed by atoms with E-state index in [-0.39, 0.29) is 0 Å². The molecule has 80 valence electrons. The lowest BCUT2D eigenvalue weighted by molar-refractivity contribution is 0.0904. The van der Waals surface area contributed by atoms with Gasteiger partial charge in [-0.1, -0.05) is 0 Å². The second-order valence-electron chi connectivity index (χ2n) is 3.27. The molecule has 0 saturated carbocycles. The van der Waals surface area contributed by atoms with Gasteiger partial charge in [0.1, 0.15) is 0 Å². The van der Waals surface area contributed by atoms with E-state index in [1.54, 1.807) is 7.11 Å². The van der Waals surface area contributed by atoms with Gasteiger partial charge >= 0.3 is 0 Å². The van der Waals surface area contributed by atoms with Crippen molar-refractivity contribution in [3.8, 4) is 0 Å². The fraction of sp³-hybridized carbons (Fsp3) is 1.00. The fourth-order valence-electron chi connectivity index (χ4n) is 1.12. The molecular formula is C10H23NO2. The van der Waals surface area contributed by atoms with E-state index < -0.39 is 0 Å². The van der Waals surface area contributed by atoms with Gasteiger partial charge in [0.05, 0.1) is 12.7 Å². The lowest BCUT2D eigenvalue weighted by Crippen LogP contribution is -2.31. The Balaban J connectivity index is 3.46. The average Bonchev–Trinajstić information content (AvgIpc) is 2.17. The summed E-state index contributed by atoms with van der Waals surface area (Å²) in [5, 5.41) is 3.24. The van der Waals surface area contributed by atoms with E-state index in [1.165, 1.54) is 0 Å². The first-order valence-corrected chi connectivity index (χ1v) is 5.02. The van der Waals surface area contributed by atoms with Gasteiger partial charge in [0.2, 0.25) is 0 Å². The third-order valence-electron chi connectivity index (χ3n) is 2.26. The summed E-state index contributed by atoms with van der Waals surface area (Å²) in [4.78, 5) is 0. The summed E-state index contributed by atoms with van der Waals surface area (Å²) in [6.45, 7) is 5.69. The van der Waals surface area contributed by atoms with E-state index in [0.717, 1.165) is 26.1 Å². The topological polar surface area (TPSA) is 30.5 Å². The molecule has 0 aromatic heterocycles. The standard InChI is InChI=1S/C10H23NO2/c1-5-13-8-10(11-3)7-6-9(2)12-4/h9-11H,5-8H2,1-4H3. The van der Waals surface area contributed by atoms with Gasteiger partial charge in [0.25, 0.3) is 0 Å². The SMILES string of the molecule is CCOCC(CCC(C)OC)NC. The van der Waals surface area contributed by atoms with Crippen LogP contribution < -0.4 is 5.32 Å². The maximum absolute atomic E-state index is 5.35. The van der Waals surface area contributed by atoms with Crippen molar-refractivity contribution in [3.05, 3.63) is 0 Å². The van der Waals surface area contributed by atoms with Crippen LogP contribution in [0.3, 0.4) is 0 Å². The first kappa shape index (κ1) is 12.9. The Kier molecular flexibility index (Phi) is 8.40. The Morgan fingerprint density at radius 2 is 2.00 bits per heavy atom. The molecule has 0 radical (unpaired) electrons. The van der Waals surface area contributed by atoms with E-state index in [0.29, 0.717) is 12.1 Å². The summed E-state index contributed by atoms with van der Waals surface area (Å²) in [6, 6.07) is 0.456. The van der Waals surface area contributed by atoms with Crippen molar-refractivity contribution < 1.29 is 9.47 Å². The first-order chi connectivity index (χ1) is 6.24. The summed E-state index contributed by atoms with van der Waals surface area (Å²) in [5.41, 5.74) is 0. The zero-order valence-corrected chi connectivity index (χ0v) is 9.30. The van der Waals surface area contributed by atoms with Gasteiger partial charge in [0, 0.05) is 19.8 Å². The lowest BCUT2D eigenvalue weighted by Gasteiger charge is -2.17. The number of rotatable bonds is 8. The Morgan fingerprint density at radius 3 is 2.46 bits per heavy atom. The molecule has 0 aromatic carbocycles. The van der Waals surface area contributed by atoms with Crippen LogP contribution in [0.5, 0.6) is 0 Å². The van der Waals surface area contributed by atoms with Crippen molar-refractivity contribution >= 4 is 0 Å². The molecule has 1 N–H and O–H groups in total. The molecule has 2 atom stereocenters. The van der Waals surface area contributed by atoms with Crippen LogP contribution in [0, 0.1) is 0 Å². The Bertz CT molecular complexity index is 109. The van der Waals surface area contributed by atoms with Crippen molar-refractivity contribution in [2.24, 2.45) is 0 Å². The normalized spacial score (nSPS) is 15.7. The van der Waals surface area contributed by atoms with Gasteiger partial charge in [-0.2, -0.15) is 0 Å². The third-order valence-corrected chi connectivity index (χ3v) is 2.26. The van der Waals surface area contributed by atoms with Gasteiger partial charge < -0.3 is 14.8 Å². The Labute approximate surface area is 81.8 Å². The van der Waals surface area contributed by atoms with Crippen molar-refractivity contribution in [2.75, 3.05) is 27.4 Å². The zero-order valence-electron chi connectivity index (χ0n) is 9.30. The summed E-state index contributed by atoms with van der Waals surface area (Å²) < 4.78 is 10.5. The van der Waals surface area contributed by atoms with Gasteiger partial charge in [-0.15, -0.1) is 0 Å². The van der Waals surface area contributed by atoms with Crippen LogP contribution in [-0.4, -0.2) is 39.5 Å². The minimum atomic E-state index is 0.345. The first-order valence-electron chi connectivity index (χ1n) is 5.02. The number of methoxy groups -OCH3 is 1. The average molecular weight is 189 g/mol. The predicted octanol–water partition coefficient (Wildman–Crippen LogP) is 1.43. The van der Waals surface area contributed by atoms with Crippen molar-refractivity contribution in [1.29, 1.82) is 0 Å². The molecule has 0 aromatic rings. The van der Waals surface area contributed by atoms with Crippen molar-refractivity contribution in [2.45, 2.75) is 38.8 Å². The van der Waals surface area contributed by atoms with E-state index in [2.05, 4.69) is 12.2 Å². The number of ether oxygens (including phenoxy) is 2. The summed E-state index contributed by atoms with van der Waals surface area (Å²) in [5.74, 6) is 0. The highest BCUT2D eigenvalue weighted by Gasteiger charge is 2.08. The number of hydrogen-bond acceptors (Lipinski definition) is 3. The van der Waals surface area contributed by atoms with Crippen LogP contribution >= 0.6 is 0 Å². The van der Waals surface area contributed by atoms with Crippen LogP contribution in [0.2, 0.25) is 0 Å². The predicted molar refractivity (Wildman–Crippen MR) is 55.0 cm³/mol. The highest BCUT2D eigenvalue weighted by atomic mass is 16.5. The van der Waals surface area contributed by atoms with Gasteiger partial charge in [0.15, 0.2) is 0 Å². The molecule has 3 nitrogen and oxygen atoms in total. The molecule has 2 unspecified atom stereocenters. The smallest absolute Gasteiger partial charge is 0.0619 e. The highest BCUT2D eigenvalue weighted by molar-refractivity contribution is 4.65. The van der Waals surface area contributed by atoms with E-state index in [9.17, 15) is 0 Å². The zero-order chi connectivity index (χ0) is 10.1. The van der Waals surface area contributed by atoms with Gasteiger partial charge in [-0.3, -0.25) is 0 Å². The maximum Gasteiger partial charge on any atom is 0.0619 e. The van der Waals surface area contributed by atoms with Crippen LogP contribution in [0.4, 0.5) is 0 Å². The molecule has 3 heteroatoms. The molecule has 0 aliphatic rings. The minimum absolute atomic E-state index is 0.345. The van der Waals surface area contributed by atoms with E-state index >= 15 is 0 Å². The molecular weight excluding hydrogens is 166 g/mol. The van der Waals surface area contributed by atoms with E-state index in [4.69, 9.17) is 9.47 Å². The van der Waals surface area contributed by atoms with Gasteiger partial charge in [-0.05, 0) is 33.7 Å². The molecule has 0 bridgehead atoms. The molecule has 0 amide bonds. The number of nitrogens with one attached hydrogen (secondary N) is 1. The molecule has 0 spiro atoms. The van der Waals surface area contributed by atoms with E-state index in [1.807, 2.05) is 14.0 Å². The van der Waals surface area contributed by atoms with Crippen LogP contribution in [0.1, 0.15) is 26.7 Å². The second kappa shape index (κ2) is 8.48. The second-order valence-corrected chi connectivity index (χ2v) is 3.27. The Hall–Kier alpha value is -0.120. The lowest BCUT2D eigenvalue weighted by atomic mass is 10.1.